The summed E-state index contributed by atoms with van der Waals surface area (Å²) in [5, 5.41) is 2.82. The average Bonchev–Trinajstić information content (AvgIpc) is 3.44. The fourth-order valence-corrected chi connectivity index (χ4v) is 5.41. The van der Waals surface area contributed by atoms with Crippen LogP contribution >= 0.6 is 0 Å². The highest BCUT2D eigenvalue weighted by atomic mass is 16.6. The Morgan fingerprint density at radius 2 is 1.68 bits per heavy atom. The monoisotopic (exact) mass is 507 g/mol. The van der Waals surface area contributed by atoms with Gasteiger partial charge in [0.15, 0.2) is 5.76 Å². The van der Waals surface area contributed by atoms with Gasteiger partial charge >= 0.3 is 0 Å². The number of anilines is 1. The van der Waals surface area contributed by atoms with Crippen molar-refractivity contribution in [3.63, 3.8) is 0 Å². The van der Waals surface area contributed by atoms with Crippen LogP contribution in [0.25, 0.3) is 0 Å². The lowest BCUT2D eigenvalue weighted by molar-refractivity contribution is 0.0991. The van der Waals surface area contributed by atoms with Crippen molar-refractivity contribution in [1.82, 2.24) is 0 Å². The zero-order chi connectivity index (χ0) is 27.1. The third-order valence-corrected chi connectivity index (χ3v) is 7.35. The summed E-state index contributed by atoms with van der Waals surface area (Å²) in [6, 6.07) is 8.83. The van der Waals surface area contributed by atoms with Crippen LogP contribution in [-0.4, -0.2) is 27.2 Å². The second kappa shape index (κ2) is 10.0. The Morgan fingerprint density at radius 3 is 2.24 bits per heavy atom. The third-order valence-electron chi connectivity index (χ3n) is 7.35. The van der Waals surface area contributed by atoms with E-state index in [0.29, 0.717) is 34.8 Å². The number of hydrogen-bond acceptors (Lipinski definition) is 6. The molecule has 0 radical (unpaired) electrons. The molecular formula is C30H37NO6. The van der Waals surface area contributed by atoms with Gasteiger partial charge < -0.3 is 28.7 Å². The van der Waals surface area contributed by atoms with Gasteiger partial charge in [-0.2, -0.15) is 0 Å². The largest absolute Gasteiger partial charge is 0.496 e. The maximum atomic E-state index is 13.0. The van der Waals surface area contributed by atoms with Gasteiger partial charge in [0.05, 0.1) is 21.3 Å². The van der Waals surface area contributed by atoms with Crippen molar-refractivity contribution in [1.29, 1.82) is 0 Å². The number of hydrogen-bond donors (Lipinski definition) is 1. The molecule has 0 bridgehead atoms. The van der Waals surface area contributed by atoms with Gasteiger partial charge in [-0.15, -0.1) is 0 Å². The van der Waals surface area contributed by atoms with Crippen LogP contribution in [0.2, 0.25) is 0 Å². The molecule has 0 saturated heterocycles. The van der Waals surface area contributed by atoms with Crippen LogP contribution < -0.4 is 24.3 Å². The van der Waals surface area contributed by atoms with E-state index in [1.165, 1.54) is 25.3 Å². The molecule has 37 heavy (non-hydrogen) atoms. The minimum absolute atomic E-state index is 0.104. The Hall–Kier alpha value is -3.61. The standard InChI is InChI=1S/C30H37NO6/c1-16(2)20-15-30(5,6)21-12-17(3)28(18(4)26(20)21)37-25-11-10-22(36-25)29(32)31-27-23(34-8)13-19(33-7)14-24(27)35-9/h10-14,16,20H,15H2,1-9H3,(H,31,32). The number of carbonyl (C=O) groups excluding carboxylic acids is 1. The van der Waals surface area contributed by atoms with Crippen molar-refractivity contribution in [3.05, 3.63) is 58.3 Å². The molecule has 7 heteroatoms. The molecule has 1 aromatic heterocycles. The van der Waals surface area contributed by atoms with E-state index in [2.05, 4.69) is 52.9 Å². The van der Waals surface area contributed by atoms with E-state index in [1.54, 1.807) is 31.4 Å². The Morgan fingerprint density at radius 1 is 1.03 bits per heavy atom. The van der Waals surface area contributed by atoms with Crippen LogP contribution in [0, 0.1) is 19.8 Å². The highest BCUT2D eigenvalue weighted by molar-refractivity contribution is 6.04. The number of ether oxygens (including phenoxy) is 4. The molecule has 1 aliphatic carbocycles. The average molecular weight is 508 g/mol. The first kappa shape index (κ1) is 26.5. The second-order valence-electron chi connectivity index (χ2n) is 10.6. The molecule has 0 spiro atoms. The molecule has 2 aromatic carbocycles. The molecular weight excluding hydrogens is 470 g/mol. The summed E-state index contributed by atoms with van der Waals surface area (Å²) in [6.45, 7) is 13.4. The van der Waals surface area contributed by atoms with Crippen LogP contribution in [0.5, 0.6) is 28.9 Å². The van der Waals surface area contributed by atoms with Gasteiger partial charge in [0.2, 0.25) is 0 Å². The second-order valence-corrected chi connectivity index (χ2v) is 10.6. The first-order valence-electron chi connectivity index (χ1n) is 12.5. The summed E-state index contributed by atoms with van der Waals surface area (Å²) in [4.78, 5) is 13.0. The Bertz CT molecular complexity index is 1290. The molecule has 198 valence electrons. The van der Waals surface area contributed by atoms with Gasteiger partial charge in [-0.25, -0.2) is 0 Å². The molecule has 1 N–H and O–H groups in total. The minimum atomic E-state index is -0.458. The number of benzene rings is 2. The lowest BCUT2D eigenvalue weighted by atomic mass is 9.84. The number of aryl methyl sites for hydroxylation is 1. The lowest BCUT2D eigenvalue weighted by Crippen LogP contribution is -2.13. The van der Waals surface area contributed by atoms with Crippen molar-refractivity contribution < 1.29 is 28.2 Å². The normalized spacial score (nSPS) is 15.9. The highest BCUT2D eigenvalue weighted by Gasteiger charge is 2.40. The van der Waals surface area contributed by atoms with Gasteiger partial charge in [-0.05, 0) is 65.8 Å². The molecule has 0 saturated carbocycles. The molecule has 1 aliphatic rings. The number of nitrogens with one attached hydrogen (secondary N) is 1. The number of methoxy groups -OCH3 is 3. The molecule has 4 rings (SSSR count). The summed E-state index contributed by atoms with van der Waals surface area (Å²) < 4.78 is 28.2. The van der Waals surface area contributed by atoms with Crippen LogP contribution in [0.1, 0.15) is 72.8 Å². The third kappa shape index (κ3) is 4.87. The van der Waals surface area contributed by atoms with Crippen molar-refractivity contribution in [2.45, 2.75) is 59.3 Å². The van der Waals surface area contributed by atoms with E-state index in [0.717, 1.165) is 23.3 Å². The molecule has 1 heterocycles. The van der Waals surface area contributed by atoms with Gasteiger partial charge in [0.1, 0.15) is 28.7 Å². The van der Waals surface area contributed by atoms with Gasteiger partial charge in [0.25, 0.3) is 11.9 Å². The SMILES string of the molecule is COc1cc(OC)c(NC(=O)c2ccc(Oc3c(C)cc4c(c3C)C(C(C)C)CC4(C)C)o2)c(OC)c1. The maximum absolute atomic E-state index is 13.0. The summed E-state index contributed by atoms with van der Waals surface area (Å²) in [7, 11) is 4.56. The highest BCUT2D eigenvalue weighted by Crippen LogP contribution is 2.52. The summed E-state index contributed by atoms with van der Waals surface area (Å²) in [6.07, 6.45) is 1.12. The Balaban J connectivity index is 1.61. The predicted molar refractivity (Wildman–Crippen MR) is 144 cm³/mol. The molecule has 0 aliphatic heterocycles. The Labute approximate surface area is 219 Å². The number of furan rings is 1. The molecule has 1 amide bonds. The fraction of sp³-hybridized carbons (Fsp3) is 0.433. The van der Waals surface area contributed by atoms with E-state index in [9.17, 15) is 4.79 Å². The first-order chi connectivity index (χ1) is 17.5. The van der Waals surface area contributed by atoms with Crippen molar-refractivity contribution in [3.8, 4) is 28.9 Å². The molecule has 1 atom stereocenters. The quantitative estimate of drug-likeness (QED) is 0.342. The zero-order valence-electron chi connectivity index (χ0n) is 23.2. The number of rotatable bonds is 8. The van der Waals surface area contributed by atoms with Crippen molar-refractivity contribution in [2.24, 2.45) is 5.92 Å². The topological polar surface area (TPSA) is 79.2 Å². The van der Waals surface area contributed by atoms with Crippen molar-refractivity contribution in [2.75, 3.05) is 26.6 Å². The van der Waals surface area contributed by atoms with Crippen molar-refractivity contribution >= 4 is 11.6 Å². The van der Waals surface area contributed by atoms with E-state index in [-0.39, 0.29) is 17.1 Å². The van der Waals surface area contributed by atoms with Crippen LogP contribution in [0.4, 0.5) is 5.69 Å². The molecule has 0 fully saturated rings. The summed E-state index contributed by atoms with van der Waals surface area (Å²) >= 11 is 0. The molecule has 1 unspecified atom stereocenters. The summed E-state index contributed by atoms with van der Waals surface area (Å²) in [5.74, 6) is 3.03. The smallest absolute Gasteiger partial charge is 0.291 e. The van der Waals surface area contributed by atoms with Crippen LogP contribution in [0.3, 0.4) is 0 Å². The van der Waals surface area contributed by atoms with Gasteiger partial charge in [-0.1, -0.05) is 33.8 Å². The zero-order valence-corrected chi connectivity index (χ0v) is 23.2. The first-order valence-corrected chi connectivity index (χ1v) is 12.5. The molecule has 7 nitrogen and oxygen atoms in total. The summed E-state index contributed by atoms with van der Waals surface area (Å²) in [5.41, 5.74) is 5.46. The van der Waals surface area contributed by atoms with E-state index in [1.807, 2.05) is 0 Å². The number of amides is 1. The van der Waals surface area contributed by atoms with Crippen LogP contribution in [0.15, 0.2) is 34.7 Å². The number of fused-ring (bicyclic) bond motifs is 1. The van der Waals surface area contributed by atoms with Gasteiger partial charge in [0, 0.05) is 18.2 Å². The predicted octanol–water partition coefficient (Wildman–Crippen LogP) is 7.39. The number of carbonyl (C=O) groups is 1. The van der Waals surface area contributed by atoms with E-state index in [4.69, 9.17) is 23.4 Å². The van der Waals surface area contributed by atoms with Gasteiger partial charge in [-0.3, -0.25) is 4.79 Å². The fourth-order valence-electron chi connectivity index (χ4n) is 5.41. The van der Waals surface area contributed by atoms with Crippen LogP contribution in [-0.2, 0) is 5.41 Å². The molecule has 3 aromatic rings. The lowest BCUT2D eigenvalue weighted by Gasteiger charge is -2.21. The minimum Gasteiger partial charge on any atom is -0.496 e. The Kier molecular flexibility index (Phi) is 7.18. The van der Waals surface area contributed by atoms with E-state index >= 15 is 0 Å². The van der Waals surface area contributed by atoms with E-state index < -0.39 is 5.91 Å². The maximum Gasteiger partial charge on any atom is 0.291 e.